The Balaban J connectivity index is 0.00000147. The van der Waals surface area contributed by atoms with Gasteiger partial charge in [-0.3, -0.25) is 0 Å². The molecule has 0 aliphatic carbocycles. The molecule has 0 fully saturated rings. The zero-order chi connectivity index (χ0) is 13.4. The zero-order valence-electron chi connectivity index (χ0n) is 10.9. The summed E-state index contributed by atoms with van der Waals surface area (Å²) in [7, 11) is 2.04. The van der Waals surface area contributed by atoms with Crippen LogP contribution in [0.25, 0.3) is 0 Å². The van der Waals surface area contributed by atoms with E-state index in [1.54, 1.807) is 0 Å². The van der Waals surface area contributed by atoms with Gasteiger partial charge in [0.15, 0.2) is 0 Å². The van der Waals surface area contributed by atoms with Crippen molar-refractivity contribution in [3.63, 3.8) is 0 Å². The second kappa shape index (κ2) is 6.33. The number of hydrogen-bond acceptors (Lipinski definition) is 1. The van der Waals surface area contributed by atoms with Gasteiger partial charge >= 0.3 is 0 Å². The van der Waals surface area contributed by atoms with Crippen molar-refractivity contribution in [2.75, 3.05) is 11.9 Å². The van der Waals surface area contributed by atoms with Crippen LogP contribution in [0.15, 0.2) is 42.5 Å². The second-order valence-corrected chi connectivity index (χ2v) is 5.48. The van der Waals surface area contributed by atoms with Gasteiger partial charge in [0.05, 0.1) is 7.05 Å². The highest BCUT2D eigenvalue weighted by Gasteiger charge is 2.22. The van der Waals surface area contributed by atoms with E-state index in [1.165, 1.54) is 11.3 Å². The molecule has 0 aromatic heterocycles. The maximum absolute atomic E-state index is 6.07. The number of fused-ring (bicyclic) bond motifs is 1. The molecular weight excluding hydrogens is 406 g/mol. The minimum Gasteiger partial charge on any atom is -0.236 e. The number of nitrogens with zero attached hydrogens (tertiary/aromatic N) is 2. The van der Waals surface area contributed by atoms with Crippen LogP contribution in [-0.2, 0) is 6.54 Å². The van der Waals surface area contributed by atoms with E-state index in [0.717, 1.165) is 22.3 Å². The van der Waals surface area contributed by atoms with Crippen LogP contribution in [-0.4, -0.2) is 18.0 Å². The van der Waals surface area contributed by atoms with Gasteiger partial charge in [0, 0.05) is 15.6 Å². The predicted octanol–water partition coefficient (Wildman–Crippen LogP) is 4.93. The van der Waals surface area contributed by atoms with E-state index in [9.17, 15) is 0 Å². The first-order valence-electron chi connectivity index (χ1n) is 6.02. The van der Waals surface area contributed by atoms with Gasteiger partial charge in [-0.2, -0.15) is 0 Å². The summed E-state index contributed by atoms with van der Waals surface area (Å²) in [4.78, 5) is 2.18. The van der Waals surface area contributed by atoms with Crippen molar-refractivity contribution in [3.05, 3.63) is 58.1 Å². The van der Waals surface area contributed by atoms with Gasteiger partial charge in [-0.05, 0) is 42.5 Å². The van der Waals surface area contributed by atoms with Crippen molar-refractivity contribution in [3.8, 4) is 0 Å². The molecule has 0 N–H and O–H groups in total. The van der Waals surface area contributed by atoms with Crippen LogP contribution in [0.5, 0.6) is 0 Å². The highest BCUT2D eigenvalue weighted by atomic mass is 127. The van der Waals surface area contributed by atoms with Gasteiger partial charge in [-0.1, -0.05) is 23.2 Å². The number of benzene rings is 2. The first kappa shape index (κ1) is 15.6. The van der Waals surface area contributed by atoms with Gasteiger partial charge in [-0.15, -0.1) is 24.0 Å². The van der Waals surface area contributed by atoms with Crippen LogP contribution < -0.4 is 4.90 Å². The number of hydrogen-bond donors (Lipinski definition) is 0. The lowest BCUT2D eigenvalue weighted by Crippen LogP contribution is -2.29. The predicted molar refractivity (Wildman–Crippen MR) is 96.4 cm³/mol. The van der Waals surface area contributed by atoms with Crippen molar-refractivity contribution in [1.29, 1.82) is 0 Å². The Bertz CT molecular complexity index is 653. The second-order valence-electron chi connectivity index (χ2n) is 4.60. The summed E-state index contributed by atoms with van der Waals surface area (Å²) in [5, 5.41) is 1.52. The molecule has 0 spiro atoms. The topological polar surface area (TPSA) is 6.25 Å². The van der Waals surface area contributed by atoms with Crippen LogP contribution >= 0.6 is 47.2 Å². The summed E-state index contributed by atoms with van der Waals surface area (Å²) in [5.41, 5.74) is 3.52. The van der Waals surface area contributed by atoms with Crippen LogP contribution in [0.1, 0.15) is 5.56 Å². The molecule has 1 heterocycles. The van der Waals surface area contributed by atoms with Crippen LogP contribution in [0.2, 0.25) is 10.0 Å². The molecule has 0 amide bonds. The zero-order valence-corrected chi connectivity index (χ0v) is 14.7. The van der Waals surface area contributed by atoms with Crippen LogP contribution in [0.4, 0.5) is 11.4 Å². The fraction of sp³-hybridized carbons (Fsp3) is 0.133. The highest BCUT2D eigenvalue weighted by molar-refractivity contribution is 14.0. The molecule has 1 aliphatic heterocycles. The Kier molecular flexibility index (Phi) is 4.94. The minimum atomic E-state index is 0. The highest BCUT2D eigenvalue weighted by Crippen LogP contribution is 2.29. The maximum Gasteiger partial charge on any atom is 0.244 e. The molecule has 5 heteroatoms. The molecule has 20 heavy (non-hydrogen) atoms. The molecule has 0 atom stereocenters. The Morgan fingerprint density at radius 1 is 1.00 bits per heavy atom. The fourth-order valence-electron chi connectivity index (χ4n) is 2.31. The summed E-state index contributed by atoms with van der Waals surface area (Å²) in [6.07, 6.45) is 2.08. The van der Waals surface area contributed by atoms with Gasteiger partial charge in [0.1, 0.15) is 17.9 Å². The number of rotatable bonds is 1. The third-order valence-electron chi connectivity index (χ3n) is 3.23. The Labute approximate surface area is 145 Å². The molecule has 2 aromatic rings. The average Bonchev–Trinajstić information content (AvgIpc) is 2.38. The van der Waals surface area contributed by atoms with Crippen molar-refractivity contribution < 1.29 is 4.58 Å². The van der Waals surface area contributed by atoms with Crippen LogP contribution in [0, 0.1) is 0 Å². The monoisotopic (exact) mass is 419 g/mol. The third kappa shape index (κ3) is 3.10. The van der Waals surface area contributed by atoms with E-state index in [0.29, 0.717) is 0 Å². The summed E-state index contributed by atoms with van der Waals surface area (Å²) < 4.78 is 2.10. The van der Waals surface area contributed by atoms with E-state index in [2.05, 4.69) is 15.8 Å². The molecule has 2 nitrogen and oxygen atoms in total. The molecule has 0 saturated carbocycles. The Morgan fingerprint density at radius 2 is 1.65 bits per heavy atom. The summed E-state index contributed by atoms with van der Waals surface area (Å²) in [6, 6.07) is 13.8. The number of halogens is 3. The molecule has 104 valence electrons. The van der Waals surface area contributed by atoms with Crippen molar-refractivity contribution in [1.82, 2.24) is 0 Å². The van der Waals surface area contributed by atoms with Gasteiger partial charge < -0.3 is 0 Å². The molecule has 0 bridgehead atoms. The molecular formula is C15H14Cl2IN2+. The molecule has 2 aromatic carbocycles. The normalized spacial score (nSPS) is 13.3. The Hall–Kier alpha value is -0.780. The van der Waals surface area contributed by atoms with Gasteiger partial charge in [-0.25, -0.2) is 9.48 Å². The molecule has 0 saturated heterocycles. The lowest BCUT2D eigenvalue weighted by Gasteiger charge is -2.21. The van der Waals surface area contributed by atoms with E-state index >= 15 is 0 Å². The fourth-order valence-corrected chi connectivity index (χ4v) is 2.63. The Morgan fingerprint density at radius 3 is 2.35 bits per heavy atom. The SMILES string of the molecule is C[N+]1=CN(c2ccc(Cl)cc2)Cc2cc(Cl)ccc21.I. The standard InChI is InChI=1S/C15H13Cl2N2.HI/c1-18-10-19(14-5-2-12(16)3-6-14)9-11-8-13(17)4-7-15(11)18;/h2-8,10H,9H2,1H3;1H/q+1;. The first-order valence-corrected chi connectivity index (χ1v) is 6.77. The molecule has 1 aliphatic rings. The largest absolute Gasteiger partial charge is 0.244 e. The molecule has 3 rings (SSSR count). The lowest BCUT2D eigenvalue weighted by atomic mass is 10.1. The molecule has 0 radical (unpaired) electrons. The first-order chi connectivity index (χ1) is 9.13. The molecule has 0 unspecified atom stereocenters. The van der Waals surface area contributed by atoms with E-state index in [-0.39, 0.29) is 24.0 Å². The van der Waals surface area contributed by atoms with E-state index in [4.69, 9.17) is 23.2 Å². The van der Waals surface area contributed by atoms with Crippen molar-refractivity contribution in [2.24, 2.45) is 0 Å². The number of anilines is 1. The van der Waals surface area contributed by atoms with Crippen molar-refractivity contribution in [2.45, 2.75) is 6.54 Å². The quantitative estimate of drug-likeness (QED) is 0.469. The van der Waals surface area contributed by atoms with Gasteiger partial charge in [0.2, 0.25) is 6.34 Å². The maximum atomic E-state index is 6.07. The summed E-state index contributed by atoms with van der Waals surface area (Å²) in [6.45, 7) is 0.807. The summed E-state index contributed by atoms with van der Waals surface area (Å²) in [5.74, 6) is 0. The summed E-state index contributed by atoms with van der Waals surface area (Å²) >= 11 is 12.0. The lowest BCUT2D eigenvalue weighted by molar-refractivity contribution is -0.403. The third-order valence-corrected chi connectivity index (χ3v) is 3.72. The van der Waals surface area contributed by atoms with Crippen LogP contribution in [0.3, 0.4) is 0 Å². The van der Waals surface area contributed by atoms with Crippen molar-refractivity contribution >= 4 is 64.9 Å². The average molecular weight is 420 g/mol. The van der Waals surface area contributed by atoms with Gasteiger partial charge in [0.25, 0.3) is 0 Å². The minimum absolute atomic E-state index is 0. The van der Waals surface area contributed by atoms with E-state index < -0.39 is 0 Å². The smallest absolute Gasteiger partial charge is 0.236 e. The van der Waals surface area contributed by atoms with E-state index in [1.807, 2.05) is 49.5 Å².